The molecule has 0 aliphatic heterocycles. The van der Waals surface area contributed by atoms with Crippen LogP contribution in [0.1, 0.15) is 15.9 Å². The van der Waals surface area contributed by atoms with Gasteiger partial charge in [-0.1, -0.05) is 15.9 Å². The van der Waals surface area contributed by atoms with Crippen molar-refractivity contribution in [3.8, 4) is 6.07 Å². The van der Waals surface area contributed by atoms with Crippen LogP contribution in [0.3, 0.4) is 0 Å². The Morgan fingerprint density at radius 2 is 1.76 bits per heavy atom. The van der Waals surface area contributed by atoms with Crippen LogP contribution in [0.4, 0.5) is 14.5 Å². The second-order valence-corrected chi connectivity index (χ2v) is 5.78. The van der Waals surface area contributed by atoms with Gasteiger partial charge in [-0.3, -0.25) is 4.79 Å². The van der Waals surface area contributed by atoms with Gasteiger partial charge in [0.1, 0.15) is 17.2 Å². The zero-order valence-electron chi connectivity index (χ0n) is 10.3. The Bertz CT molecular complexity index is 749. The fourth-order valence-electron chi connectivity index (χ4n) is 1.63. The summed E-state index contributed by atoms with van der Waals surface area (Å²) in [6, 6.07) is 8.39. The summed E-state index contributed by atoms with van der Waals surface area (Å²) in [4.78, 5) is 12.0. The Kier molecular flexibility index (Phi) is 4.70. The SMILES string of the molecule is N#Cc1ccc(NC(=O)c2c(F)cc(Br)cc2F)c(Br)c1. The van der Waals surface area contributed by atoms with Gasteiger partial charge < -0.3 is 5.32 Å². The summed E-state index contributed by atoms with van der Waals surface area (Å²) in [5, 5.41) is 11.1. The van der Waals surface area contributed by atoms with Gasteiger partial charge in [0.15, 0.2) is 0 Å². The molecule has 3 nitrogen and oxygen atoms in total. The number of hydrogen-bond donors (Lipinski definition) is 1. The first-order valence-electron chi connectivity index (χ1n) is 5.58. The number of nitriles is 1. The maximum absolute atomic E-state index is 13.7. The van der Waals surface area contributed by atoms with Crippen molar-refractivity contribution in [2.45, 2.75) is 0 Å². The highest BCUT2D eigenvalue weighted by molar-refractivity contribution is 9.10. The molecule has 0 aromatic heterocycles. The fourth-order valence-corrected chi connectivity index (χ4v) is 2.51. The largest absolute Gasteiger partial charge is 0.321 e. The van der Waals surface area contributed by atoms with Gasteiger partial charge in [-0.2, -0.15) is 5.26 Å². The molecule has 0 heterocycles. The normalized spacial score (nSPS) is 10.0. The maximum atomic E-state index is 13.7. The number of hydrogen-bond acceptors (Lipinski definition) is 2. The van der Waals surface area contributed by atoms with Gasteiger partial charge in [0, 0.05) is 8.95 Å². The van der Waals surface area contributed by atoms with Crippen LogP contribution in [-0.2, 0) is 0 Å². The van der Waals surface area contributed by atoms with E-state index in [4.69, 9.17) is 5.26 Å². The predicted octanol–water partition coefficient (Wildman–Crippen LogP) is 4.61. The summed E-state index contributed by atoms with van der Waals surface area (Å²) in [6.45, 7) is 0. The first kappa shape index (κ1) is 15.6. The highest BCUT2D eigenvalue weighted by atomic mass is 79.9. The number of nitrogens with zero attached hydrogens (tertiary/aromatic N) is 1. The van der Waals surface area contributed by atoms with E-state index in [1.807, 2.05) is 6.07 Å². The molecule has 0 spiro atoms. The molecule has 2 rings (SSSR count). The van der Waals surface area contributed by atoms with E-state index in [0.29, 0.717) is 15.7 Å². The molecule has 0 aliphatic rings. The van der Waals surface area contributed by atoms with E-state index in [0.717, 1.165) is 12.1 Å². The summed E-state index contributed by atoms with van der Waals surface area (Å²) in [6.07, 6.45) is 0. The topological polar surface area (TPSA) is 52.9 Å². The molecular weight excluding hydrogens is 410 g/mol. The second kappa shape index (κ2) is 6.33. The predicted molar refractivity (Wildman–Crippen MR) is 80.9 cm³/mol. The monoisotopic (exact) mass is 414 g/mol. The van der Waals surface area contributed by atoms with Crippen molar-refractivity contribution in [3.05, 3.63) is 62.0 Å². The van der Waals surface area contributed by atoms with E-state index in [1.165, 1.54) is 18.2 Å². The van der Waals surface area contributed by atoms with Crippen molar-refractivity contribution in [3.63, 3.8) is 0 Å². The fraction of sp³-hybridized carbons (Fsp3) is 0. The zero-order chi connectivity index (χ0) is 15.6. The number of carbonyl (C=O) groups excluding carboxylic acids is 1. The molecule has 0 saturated heterocycles. The summed E-state index contributed by atoms with van der Waals surface area (Å²) >= 11 is 6.12. The van der Waals surface area contributed by atoms with Crippen molar-refractivity contribution in [1.29, 1.82) is 5.26 Å². The number of halogens is 4. The van der Waals surface area contributed by atoms with Gasteiger partial charge in [0.2, 0.25) is 0 Å². The van der Waals surface area contributed by atoms with Gasteiger partial charge in [0.05, 0.1) is 17.3 Å². The first-order chi connectivity index (χ1) is 9.92. The van der Waals surface area contributed by atoms with Gasteiger partial charge >= 0.3 is 0 Å². The van der Waals surface area contributed by atoms with Crippen molar-refractivity contribution in [2.75, 3.05) is 5.32 Å². The molecule has 0 bridgehead atoms. The molecule has 0 atom stereocenters. The van der Waals surface area contributed by atoms with Gasteiger partial charge in [-0.05, 0) is 46.3 Å². The molecule has 0 saturated carbocycles. The van der Waals surface area contributed by atoms with Gasteiger partial charge in [-0.25, -0.2) is 8.78 Å². The number of rotatable bonds is 2. The van der Waals surface area contributed by atoms with Crippen molar-refractivity contribution in [1.82, 2.24) is 0 Å². The lowest BCUT2D eigenvalue weighted by Gasteiger charge is -2.09. The number of nitrogens with one attached hydrogen (secondary N) is 1. The number of benzene rings is 2. The summed E-state index contributed by atoms with van der Waals surface area (Å²) in [5.74, 6) is -2.85. The number of amides is 1. The van der Waals surface area contributed by atoms with Crippen LogP contribution in [0, 0.1) is 23.0 Å². The lowest BCUT2D eigenvalue weighted by atomic mass is 10.1. The van der Waals surface area contributed by atoms with E-state index in [2.05, 4.69) is 37.2 Å². The summed E-state index contributed by atoms with van der Waals surface area (Å²) < 4.78 is 28.0. The lowest BCUT2D eigenvalue weighted by molar-refractivity contribution is 0.101. The minimum atomic E-state index is -0.968. The Morgan fingerprint density at radius 1 is 1.14 bits per heavy atom. The van der Waals surface area contributed by atoms with Crippen LogP contribution in [0.2, 0.25) is 0 Å². The maximum Gasteiger partial charge on any atom is 0.261 e. The molecule has 7 heteroatoms. The molecule has 2 aromatic rings. The Hall–Kier alpha value is -1.78. The number of carbonyl (C=O) groups is 1. The van der Waals surface area contributed by atoms with Crippen LogP contribution < -0.4 is 5.32 Å². The van der Waals surface area contributed by atoms with E-state index < -0.39 is 23.1 Å². The average Bonchev–Trinajstić information content (AvgIpc) is 2.39. The quantitative estimate of drug-likeness (QED) is 0.778. The standard InChI is InChI=1S/C14H6Br2F2N2O/c15-8-4-10(17)13(11(18)5-8)14(21)20-12-2-1-7(6-19)3-9(12)16/h1-5H,(H,20,21). The minimum absolute atomic E-state index is 0.202. The molecule has 1 N–H and O–H groups in total. The molecule has 106 valence electrons. The molecule has 21 heavy (non-hydrogen) atoms. The summed E-state index contributed by atoms with van der Waals surface area (Å²) in [5.41, 5.74) is 0.0241. The smallest absolute Gasteiger partial charge is 0.261 e. The van der Waals surface area contributed by atoms with Crippen LogP contribution in [-0.4, -0.2) is 5.91 Å². The molecule has 0 fully saturated rings. The average molecular weight is 416 g/mol. The van der Waals surface area contributed by atoms with E-state index >= 15 is 0 Å². The van der Waals surface area contributed by atoms with Crippen LogP contribution in [0.15, 0.2) is 39.3 Å². The van der Waals surface area contributed by atoms with Crippen LogP contribution in [0.25, 0.3) is 0 Å². The van der Waals surface area contributed by atoms with Crippen LogP contribution >= 0.6 is 31.9 Å². The Morgan fingerprint density at radius 3 is 2.29 bits per heavy atom. The molecule has 0 radical (unpaired) electrons. The van der Waals surface area contributed by atoms with Gasteiger partial charge in [0.25, 0.3) is 5.91 Å². The molecule has 0 aliphatic carbocycles. The Balaban J connectivity index is 2.33. The van der Waals surface area contributed by atoms with Crippen molar-refractivity contribution >= 4 is 43.5 Å². The molecule has 1 amide bonds. The first-order valence-corrected chi connectivity index (χ1v) is 7.16. The van der Waals surface area contributed by atoms with Gasteiger partial charge in [-0.15, -0.1) is 0 Å². The third kappa shape index (κ3) is 3.46. The van der Waals surface area contributed by atoms with Crippen molar-refractivity contribution < 1.29 is 13.6 Å². The third-order valence-corrected chi connectivity index (χ3v) is 3.69. The van der Waals surface area contributed by atoms with E-state index in [1.54, 1.807) is 0 Å². The zero-order valence-corrected chi connectivity index (χ0v) is 13.4. The highest BCUT2D eigenvalue weighted by Crippen LogP contribution is 2.25. The molecule has 2 aromatic carbocycles. The third-order valence-electron chi connectivity index (χ3n) is 2.58. The van der Waals surface area contributed by atoms with E-state index in [-0.39, 0.29) is 4.47 Å². The van der Waals surface area contributed by atoms with Crippen LogP contribution in [0.5, 0.6) is 0 Å². The highest BCUT2D eigenvalue weighted by Gasteiger charge is 2.19. The summed E-state index contributed by atoms with van der Waals surface area (Å²) in [7, 11) is 0. The Labute approximate surface area is 135 Å². The van der Waals surface area contributed by atoms with E-state index in [9.17, 15) is 13.6 Å². The van der Waals surface area contributed by atoms with Crippen molar-refractivity contribution in [2.24, 2.45) is 0 Å². The lowest BCUT2D eigenvalue weighted by Crippen LogP contribution is -2.16. The minimum Gasteiger partial charge on any atom is -0.321 e. The molecular formula is C14H6Br2F2N2O. The number of anilines is 1. The second-order valence-electron chi connectivity index (χ2n) is 4.00. The molecule has 0 unspecified atom stereocenters.